The van der Waals surface area contributed by atoms with Crippen molar-refractivity contribution in [1.29, 1.82) is 0 Å². The first kappa shape index (κ1) is 11.8. The first-order valence-corrected chi connectivity index (χ1v) is 5.22. The molecule has 0 saturated heterocycles. The summed E-state index contributed by atoms with van der Waals surface area (Å²) in [5.74, 6) is 0.0743. The van der Waals surface area contributed by atoms with Gasteiger partial charge >= 0.3 is 5.69 Å². The lowest BCUT2D eigenvalue weighted by atomic mass is 10.1. The van der Waals surface area contributed by atoms with Crippen molar-refractivity contribution in [2.24, 2.45) is 4.99 Å². The van der Waals surface area contributed by atoms with Crippen LogP contribution < -0.4 is 11.2 Å². The fraction of sp³-hybridized carbons (Fsp3) is 0.0833. The lowest BCUT2D eigenvalue weighted by Crippen LogP contribution is -2.20. The first-order chi connectivity index (χ1) is 8.56. The fourth-order valence-electron chi connectivity index (χ4n) is 1.42. The molecule has 18 heavy (non-hydrogen) atoms. The number of aromatic nitrogens is 2. The molecule has 92 valence electrons. The Morgan fingerprint density at radius 1 is 1.33 bits per heavy atom. The van der Waals surface area contributed by atoms with E-state index in [1.165, 1.54) is 12.4 Å². The number of aliphatic imine (C=N–C) groups is 1. The number of nitrogens with one attached hydrogen (secondary N) is 2. The quantitative estimate of drug-likeness (QED) is 0.683. The van der Waals surface area contributed by atoms with E-state index >= 15 is 0 Å². The summed E-state index contributed by atoms with van der Waals surface area (Å²) in [5.41, 5.74) is 0.361. The number of nitrogens with zero attached hydrogens (tertiary/aromatic N) is 1. The van der Waals surface area contributed by atoms with Gasteiger partial charge in [-0.15, -0.1) is 0 Å². The summed E-state index contributed by atoms with van der Waals surface area (Å²) in [7, 11) is 0. The topological polar surface area (TPSA) is 98.3 Å². The van der Waals surface area contributed by atoms with E-state index in [0.717, 1.165) is 5.56 Å². The van der Waals surface area contributed by atoms with E-state index in [-0.39, 0.29) is 11.4 Å². The van der Waals surface area contributed by atoms with Crippen molar-refractivity contribution in [2.75, 3.05) is 0 Å². The summed E-state index contributed by atoms with van der Waals surface area (Å²) >= 11 is 0. The second kappa shape index (κ2) is 4.70. The number of rotatable bonds is 2. The first-order valence-electron chi connectivity index (χ1n) is 5.22. The molecule has 1 aromatic heterocycles. The molecule has 0 fully saturated rings. The Morgan fingerprint density at radius 3 is 2.83 bits per heavy atom. The van der Waals surface area contributed by atoms with Crippen LogP contribution >= 0.6 is 0 Å². The van der Waals surface area contributed by atoms with Crippen molar-refractivity contribution in [3.8, 4) is 5.75 Å². The molecular formula is C12H11N3O3. The van der Waals surface area contributed by atoms with Crippen molar-refractivity contribution in [3.05, 3.63) is 56.4 Å². The van der Waals surface area contributed by atoms with Gasteiger partial charge in [-0.25, -0.2) is 9.79 Å². The molecule has 6 heteroatoms. The molecule has 0 saturated carbocycles. The van der Waals surface area contributed by atoms with Crippen LogP contribution in [-0.4, -0.2) is 21.3 Å². The molecule has 0 aliphatic rings. The maximum absolute atomic E-state index is 11.4. The largest absolute Gasteiger partial charge is 0.507 e. The van der Waals surface area contributed by atoms with E-state index < -0.39 is 11.2 Å². The maximum Gasteiger partial charge on any atom is 0.325 e. The van der Waals surface area contributed by atoms with Crippen LogP contribution in [0.2, 0.25) is 0 Å². The minimum absolute atomic E-state index is 0.0653. The maximum atomic E-state index is 11.4. The minimum atomic E-state index is -0.586. The summed E-state index contributed by atoms with van der Waals surface area (Å²) in [6.45, 7) is 1.88. The van der Waals surface area contributed by atoms with Crippen LogP contribution in [0.5, 0.6) is 5.75 Å². The number of aromatic amines is 2. The zero-order valence-corrected chi connectivity index (χ0v) is 9.60. The van der Waals surface area contributed by atoms with Gasteiger partial charge in [0.1, 0.15) is 11.4 Å². The van der Waals surface area contributed by atoms with Crippen molar-refractivity contribution < 1.29 is 5.11 Å². The van der Waals surface area contributed by atoms with Gasteiger partial charge in [-0.2, -0.15) is 0 Å². The molecular weight excluding hydrogens is 234 g/mol. The van der Waals surface area contributed by atoms with Crippen LogP contribution in [0.25, 0.3) is 0 Å². The van der Waals surface area contributed by atoms with Crippen LogP contribution in [0, 0.1) is 6.92 Å². The number of benzene rings is 1. The number of aryl methyl sites for hydroxylation is 1. The van der Waals surface area contributed by atoms with Crippen LogP contribution in [0.3, 0.4) is 0 Å². The average Bonchev–Trinajstić information content (AvgIpc) is 2.32. The predicted molar refractivity (Wildman–Crippen MR) is 67.8 cm³/mol. The average molecular weight is 245 g/mol. The molecule has 0 unspecified atom stereocenters. The van der Waals surface area contributed by atoms with Crippen molar-refractivity contribution in [2.45, 2.75) is 6.92 Å². The molecule has 0 aliphatic carbocycles. The van der Waals surface area contributed by atoms with Gasteiger partial charge in [0.25, 0.3) is 5.56 Å². The van der Waals surface area contributed by atoms with Gasteiger partial charge in [0.15, 0.2) is 0 Å². The molecule has 0 bridgehead atoms. The summed E-state index contributed by atoms with van der Waals surface area (Å²) in [6.07, 6.45) is 2.58. The predicted octanol–water partition coefficient (Wildman–Crippen LogP) is 0.828. The van der Waals surface area contributed by atoms with Crippen LogP contribution in [0.4, 0.5) is 5.69 Å². The SMILES string of the molecule is Cc1ccc(O)c(/C=N/c2c[nH]c(=O)[nH]c2=O)c1. The van der Waals surface area contributed by atoms with E-state index in [1.54, 1.807) is 18.2 Å². The van der Waals surface area contributed by atoms with Gasteiger partial charge in [0.05, 0.1) is 0 Å². The minimum Gasteiger partial charge on any atom is -0.507 e. The number of aromatic hydroxyl groups is 1. The van der Waals surface area contributed by atoms with Gasteiger partial charge < -0.3 is 10.1 Å². The summed E-state index contributed by atoms with van der Waals surface area (Å²) in [4.78, 5) is 30.5. The lowest BCUT2D eigenvalue weighted by molar-refractivity contribution is 0.474. The van der Waals surface area contributed by atoms with Gasteiger partial charge in [-0.05, 0) is 19.1 Å². The molecule has 1 aromatic carbocycles. The Hall–Kier alpha value is -2.63. The smallest absolute Gasteiger partial charge is 0.325 e. The van der Waals surface area contributed by atoms with Crippen LogP contribution in [0.1, 0.15) is 11.1 Å². The van der Waals surface area contributed by atoms with Crippen molar-refractivity contribution in [3.63, 3.8) is 0 Å². The summed E-state index contributed by atoms with van der Waals surface area (Å²) in [5, 5.41) is 9.59. The normalized spacial score (nSPS) is 10.9. The Labute approximate surface area is 102 Å². The van der Waals surface area contributed by atoms with Crippen molar-refractivity contribution in [1.82, 2.24) is 9.97 Å². The zero-order valence-electron chi connectivity index (χ0n) is 9.60. The fourth-order valence-corrected chi connectivity index (χ4v) is 1.42. The van der Waals surface area contributed by atoms with Gasteiger partial charge in [0.2, 0.25) is 0 Å². The molecule has 0 atom stereocenters. The zero-order chi connectivity index (χ0) is 13.1. The third kappa shape index (κ3) is 2.54. The highest BCUT2D eigenvalue weighted by Gasteiger charge is 2.00. The Bertz CT molecular complexity index is 713. The van der Waals surface area contributed by atoms with E-state index in [1.807, 2.05) is 6.92 Å². The van der Waals surface area contributed by atoms with E-state index in [9.17, 15) is 14.7 Å². The molecule has 0 amide bonds. The second-order valence-electron chi connectivity index (χ2n) is 3.78. The summed E-state index contributed by atoms with van der Waals surface area (Å²) < 4.78 is 0. The molecule has 1 heterocycles. The molecule has 6 nitrogen and oxygen atoms in total. The standard InChI is InChI=1S/C12H11N3O3/c1-7-2-3-10(16)8(4-7)5-13-9-6-14-12(18)15-11(9)17/h2-6,16H,1H3,(H2,14,15,17,18)/b13-5+. The Morgan fingerprint density at radius 2 is 2.11 bits per heavy atom. The number of phenols is 1. The Balaban J connectivity index is 2.38. The number of hydrogen-bond acceptors (Lipinski definition) is 4. The van der Waals surface area contributed by atoms with E-state index in [0.29, 0.717) is 5.56 Å². The van der Waals surface area contributed by atoms with Crippen molar-refractivity contribution >= 4 is 11.9 Å². The van der Waals surface area contributed by atoms with Crippen LogP contribution in [0.15, 0.2) is 39.0 Å². The molecule has 2 aromatic rings. The third-order valence-corrected chi connectivity index (χ3v) is 2.33. The number of H-pyrrole nitrogens is 2. The molecule has 0 radical (unpaired) electrons. The highest BCUT2D eigenvalue weighted by atomic mass is 16.3. The van der Waals surface area contributed by atoms with Gasteiger partial charge in [0, 0.05) is 18.0 Å². The molecule has 3 N–H and O–H groups in total. The monoisotopic (exact) mass is 245 g/mol. The molecule has 0 aliphatic heterocycles. The second-order valence-corrected chi connectivity index (χ2v) is 3.78. The lowest BCUT2D eigenvalue weighted by Gasteiger charge is -1.99. The van der Waals surface area contributed by atoms with Crippen LogP contribution in [-0.2, 0) is 0 Å². The highest BCUT2D eigenvalue weighted by Crippen LogP contribution is 2.16. The number of phenolic OH excluding ortho intramolecular Hbond substituents is 1. The van der Waals surface area contributed by atoms with E-state index in [4.69, 9.17) is 0 Å². The van der Waals surface area contributed by atoms with E-state index in [2.05, 4.69) is 15.0 Å². The van der Waals surface area contributed by atoms with Gasteiger partial charge in [-0.1, -0.05) is 11.6 Å². The highest BCUT2D eigenvalue weighted by molar-refractivity contribution is 5.85. The molecule has 2 rings (SSSR count). The number of hydrogen-bond donors (Lipinski definition) is 3. The van der Waals surface area contributed by atoms with Gasteiger partial charge in [-0.3, -0.25) is 9.78 Å². The third-order valence-electron chi connectivity index (χ3n) is 2.33. The Kier molecular flexibility index (Phi) is 3.09. The molecule has 0 spiro atoms. The summed E-state index contributed by atoms with van der Waals surface area (Å²) in [6, 6.07) is 5.05.